The molecule has 0 spiro atoms. The second-order valence-corrected chi connectivity index (χ2v) is 7.67. The minimum Gasteiger partial charge on any atom is -0.487 e. The first kappa shape index (κ1) is 21.3. The monoisotopic (exact) mass is 440 g/mol. The third-order valence-corrected chi connectivity index (χ3v) is 5.23. The zero-order valence-electron chi connectivity index (χ0n) is 17.4. The number of nitrogens with zero attached hydrogens (tertiary/aromatic N) is 1. The molecular weight excluding hydrogens is 418 g/mol. The van der Waals surface area contributed by atoms with Crippen molar-refractivity contribution in [3.63, 3.8) is 0 Å². The lowest BCUT2D eigenvalue weighted by Crippen LogP contribution is -2.28. The summed E-state index contributed by atoms with van der Waals surface area (Å²) in [5.41, 5.74) is 11.5. The lowest BCUT2D eigenvalue weighted by atomic mass is 9.99. The summed E-state index contributed by atoms with van der Waals surface area (Å²) in [6.07, 6.45) is 5.11. The Bertz CT molecular complexity index is 1290. The van der Waals surface area contributed by atoms with Crippen molar-refractivity contribution < 1.29 is 10.1 Å². The van der Waals surface area contributed by atoms with E-state index in [-0.39, 0.29) is 0 Å². The number of fused-ring (bicyclic) bond motifs is 1. The van der Waals surface area contributed by atoms with Crippen molar-refractivity contribution >= 4 is 40.4 Å². The van der Waals surface area contributed by atoms with Gasteiger partial charge in [-0.15, -0.1) is 0 Å². The topological polar surface area (TPSA) is 73.7 Å². The fourth-order valence-corrected chi connectivity index (χ4v) is 3.46. The van der Waals surface area contributed by atoms with Gasteiger partial charge >= 0.3 is 0 Å². The Morgan fingerprint density at radius 1 is 0.938 bits per heavy atom. The molecule has 1 aromatic heterocycles. The Kier molecular flexibility index (Phi) is 6.63. The van der Waals surface area contributed by atoms with Crippen molar-refractivity contribution in [2.45, 2.75) is 6.61 Å². The maximum atomic E-state index is 6.27. The number of benzene rings is 3. The van der Waals surface area contributed by atoms with Crippen LogP contribution in [0.1, 0.15) is 16.8 Å². The number of para-hydroxylation sites is 1. The lowest BCUT2D eigenvalue weighted by molar-refractivity contribution is -0.104. The predicted octanol–water partition coefficient (Wildman–Crippen LogP) is 4.68. The molecule has 0 radical (unpaired) electrons. The first-order valence-electron chi connectivity index (χ1n) is 10.2. The Morgan fingerprint density at radius 3 is 2.44 bits per heavy atom. The van der Waals surface area contributed by atoms with Gasteiger partial charge < -0.3 is 10.5 Å². The molecule has 0 unspecified atom stereocenters. The Balaban J connectivity index is 1.53. The van der Waals surface area contributed by atoms with Crippen LogP contribution < -0.4 is 15.9 Å². The van der Waals surface area contributed by atoms with Crippen LogP contribution in [0.5, 0.6) is 5.75 Å². The van der Waals surface area contributed by atoms with E-state index in [1.165, 1.54) is 6.21 Å². The third kappa shape index (κ3) is 5.23. The highest BCUT2D eigenvalue weighted by Crippen LogP contribution is 2.26. The van der Waals surface area contributed by atoms with Crippen molar-refractivity contribution in [3.05, 3.63) is 119 Å². The molecule has 0 amide bonds. The van der Waals surface area contributed by atoms with Crippen LogP contribution in [0.3, 0.4) is 0 Å². The normalized spacial score (nSPS) is 12.0. The van der Waals surface area contributed by atoms with Gasteiger partial charge in [-0.25, -0.2) is 4.98 Å². The van der Waals surface area contributed by atoms with Gasteiger partial charge in [-0.1, -0.05) is 60.1 Å². The van der Waals surface area contributed by atoms with Crippen molar-refractivity contribution in [1.29, 1.82) is 0 Å². The molecule has 158 valence electrons. The van der Waals surface area contributed by atoms with Crippen LogP contribution in [0.2, 0.25) is 5.02 Å². The zero-order valence-corrected chi connectivity index (χ0v) is 18.2. The largest absolute Gasteiger partial charge is 0.487 e. The van der Waals surface area contributed by atoms with E-state index in [2.05, 4.69) is 11.1 Å². The lowest BCUT2D eigenvalue weighted by Gasteiger charge is -2.11. The van der Waals surface area contributed by atoms with E-state index in [1.807, 2.05) is 84.9 Å². The number of nitrogens with two attached hydrogens (primary N) is 2. The van der Waals surface area contributed by atoms with E-state index in [4.69, 9.17) is 27.5 Å². The van der Waals surface area contributed by atoms with Crippen molar-refractivity contribution in [1.82, 2.24) is 4.98 Å². The minimum absolute atomic E-state index is 0.391. The molecule has 4 aromatic rings. The van der Waals surface area contributed by atoms with Gasteiger partial charge in [0.2, 0.25) is 0 Å². The van der Waals surface area contributed by atoms with Crippen molar-refractivity contribution in [2.24, 2.45) is 5.73 Å². The first-order valence-corrected chi connectivity index (χ1v) is 10.6. The molecule has 1 heterocycles. The number of ether oxygens (including phenoxy) is 1. The van der Waals surface area contributed by atoms with Gasteiger partial charge in [0.05, 0.1) is 11.2 Å². The summed E-state index contributed by atoms with van der Waals surface area (Å²) in [5, 5.41) is 7.36. The molecule has 0 saturated carbocycles. The van der Waals surface area contributed by atoms with Crippen LogP contribution in [0.4, 0.5) is 0 Å². The molecule has 3 aromatic carbocycles. The van der Waals surface area contributed by atoms with E-state index >= 15 is 0 Å². The molecule has 32 heavy (non-hydrogen) atoms. The van der Waals surface area contributed by atoms with E-state index in [9.17, 15) is 0 Å². The highest BCUT2D eigenvalue weighted by Gasteiger charge is 2.07. The average molecular weight is 441 g/mol. The molecular formula is C27H23ClN3O+. The van der Waals surface area contributed by atoms with Crippen LogP contribution in [-0.4, -0.2) is 11.2 Å². The second-order valence-electron chi connectivity index (χ2n) is 7.23. The molecule has 0 saturated heterocycles. The summed E-state index contributed by atoms with van der Waals surface area (Å²) in [5.74, 6) is 0.752. The highest BCUT2D eigenvalue weighted by atomic mass is 35.5. The predicted molar refractivity (Wildman–Crippen MR) is 132 cm³/mol. The number of halogens is 1. The fourth-order valence-electron chi connectivity index (χ4n) is 3.33. The Labute approximate surface area is 192 Å². The molecule has 0 fully saturated rings. The molecule has 0 atom stereocenters. The molecule has 0 aliphatic rings. The number of aromatic nitrogens is 1. The van der Waals surface area contributed by atoms with Crippen molar-refractivity contribution in [3.8, 4) is 5.75 Å². The average Bonchev–Trinajstić information content (AvgIpc) is 2.83. The molecule has 0 aliphatic heterocycles. The van der Waals surface area contributed by atoms with Crippen LogP contribution in [0.15, 0.2) is 96.7 Å². The summed E-state index contributed by atoms with van der Waals surface area (Å²) in [4.78, 5) is 4.65. The zero-order chi connectivity index (χ0) is 22.3. The third-order valence-electron chi connectivity index (χ3n) is 4.98. The summed E-state index contributed by atoms with van der Waals surface area (Å²) in [6.45, 7) is 0.391. The summed E-state index contributed by atoms with van der Waals surface area (Å²) < 4.78 is 5.95. The summed E-state index contributed by atoms with van der Waals surface area (Å²) >= 11 is 6.00. The second kappa shape index (κ2) is 9.94. The number of rotatable bonds is 7. The van der Waals surface area contributed by atoms with Gasteiger partial charge in [-0.3, -0.25) is 5.41 Å². The molecule has 0 aliphatic carbocycles. The number of pyridine rings is 1. The first-order chi connectivity index (χ1) is 15.6. The smallest absolute Gasteiger partial charge is 0.162 e. The van der Waals surface area contributed by atoms with Crippen LogP contribution in [0.25, 0.3) is 22.6 Å². The van der Waals surface area contributed by atoms with E-state index in [1.54, 1.807) is 6.08 Å². The van der Waals surface area contributed by atoms with Gasteiger partial charge in [-0.2, -0.15) is 0 Å². The molecule has 4 rings (SSSR count). The van der Waals surface area contributed by atoms with Crippen molar-refractivity contribution in [2.75, 3.05) is 0 Å². The van der Waals surface area contributed by atoms with Crippen LogP contribution in [-0.2, 0) is 6.61 Å². The Morgan fingerprint density at radius 2 is 1.69 bits per heavy atom. The quantitative estimate of drug-likeness (QED) is 0.249. The molecule has 4 nitrogen and oxygen atoms in total. The van der Waals surface area contributed by atoms with Crippen LogP contribution >= 0.6 is 11.6 Å². The number of allylic oxidation sites excluding steroid dienone is 2. The minimum atomic E-state index is 0.391. The van der Waals surface area contributed by atoms with Crippen LogP contribution in [0, 0.1) is 0 Å². The van der Waals surface area contributed by atoms with E-state index in [0.717, 1.165) is 39.0 Å². The molecule has 4 N–H and O–H groups in total. The van der Waals surface area contributed by atoms with Gasteiger partial charge in [-0.05, 0) is 53.6 Å². The SMILES string of the molecule is NC(=CC=[NH2+])C(=Cc1ccc(Cl)cc1)c1ccc(OCc2ccc3ccccc3n2)cc1. The molecule has 5 heteroatoms. The van der Waals surface area contributed by atoms with Gasteiger partial charge in [0, 0.05) is 27.8 Å². The van der Waals surface area contributed by atoms with Gasteiger partial charge in [0.15, 0.2) is 6.21 Å². The fraction of sp³-hybridized carbons (Fsp3) is 0.0370. The molecule has 0 bridgehead atoms. The standard InChI is InChI=1S/C27H22ClN3O/c28-22-10-5-19(6-11-22)17-25(26(30)15-16-29)20-8-13-24(14-9-20)32-18-23-12-7-21-3-1-2-4-27(21)31-23/h1-17,29H,18,30H2/p+1. The van der Waals surface area contributed by atoms with E-state index < -0.39 is 0 Å². The summed E-state index contributed by atoms with van der Waals surface area (Å²) in [6, 6.07) is 27.4. The van der Waals surface area contributed by atoms with Gasteiger partial charge in [0.1, 0.15) is 12.4 Å². The number of hydrogen-bond donors (Lipinski definition) is 2. The maximum absolute atomic E-state index is 6.27. The summed E-state index contributed by atoms with van der Waals surface area (Å²) in [7, 11) is 0. The van der Waals surface area contributed by atoms with Gasteiger partial charge in [0.25, 0.3) is 0 Å². The van der Waals surface area contributed by atoms with E-state index in [0.29, 0.717) is 17.3 Å². The maximum Gasteiger partial charge on any atom is 0.162 e. The number of hydrogen-bond acceptors (Lipinski definition) is 3. The Hall–Kier alpha value is -3.89. The highest BCUT2D eigenvalue weighted by molar-refractivity contribution is 6.30.